The summed E-state index contributed by atoms with van der Waals surface area (Å²) >= 11 is 12.0. The van der Waals surface area contributed by atoms with Crippen LogP contribution < -0.4 is 0 Å². The maximum absolute atomic E-state index is 12.6. The molecular weight excluding hydrogens is 447 g/mol. The van der Waals surface area contributed by atoms with Gasteiger partial charge in [-0.3, -0.25) is 14.5 Å². The van der Waals surface area contributed by atoms with Crippen LogP contribution in [0.15, 0.2) is 24.3 Å². The molecule has 0 radical (unpaired) electrons. The fourth-order valence-corrected chi connectivity index (χ4v) is 4.51. The van der Waals surface area contributed by atoms with Crippen molar-refractivity contribution in [2.24, 2.45) is 0 Å². The van der Waals surface area contributed by atoms with Crippen molar-refractivity contribution in [3.8, 4) is 0 Å². The van der Waals surface area contributed by atoms with Gasteiger partial charge in [0.2, 0.25) is 11.8 Å². The van der Waals surface area contributed by atoms with Crippen molar-refractivity contribution in [3.05, 3.63) is 39.9 Å². The fourth-order valence-electron chi connectivity index (χ4n) is 4.20. The molecule has 3 rings (SSSR count). The molecule has 0 aromatic heterocycles. The van der Waals surface area contributed by atoms with Gasteiger partial charge in [-0.05, 0) is 50.6 Å². The summed E-state index contributed by atoms with van der Waals surface area (Å²) in [7, 11) is 0. The van der Waals surface area contributed by atoms with Crippen molar-refractivity contribution in [1.29, 1.82) is 0 Å². The van der Waals surface area contributed by atoms with E-state index in [-0.39, 0.29) is 11.8 Å². The van der Waals surface area contributed by atoms with E-state index in [1.165, 1.54) is 6.08 Å². The molecule has 1 aromatic carbocycles. The maximum atomic E-state index is 12.6. The molecule has 2 aliphatic rings. The number of carbonyl (C=O) groups excluding carboxylic acids is 2. The number of amides is 2. The summed E-state index contributed by atoms with van der Waals surface area (Å²) in [5.41, 5.74) is 0.814. The quantitative estimate of drug-likeness (QED) is 0.560. The highest BCUT2D eigenvalue weighted by molar-refractivity contribution is 6.42. The molecule has 0 saturated carbocycles. The molecule has 0 atom stereocenters. The van der Waals surface area contributed by atoms with Gasteiger partial charge in [-0.15, -0.1) is 0 Å². The van der Waals surface area contributed by atoms with Crippen molar-refractivity contribution < 1.29 is 9.59 Å². The molecule has 0 N–H and O–H groups in total. The zero-order valence-electron chi connectivity index (χ0n) is 19.1. The summed E-state index contributed by atoms with van der Waals surface area (Å²) in [6, 6.07) is 5.86. The standard InChI is InChI=1S/C24H34Cl2N4O2/c1-19(2)28-14-12-27(13-15-28)9-3-10-29-16-17-30(11-8-24(29)32)23(31)7-5-20-4-6-21(25)22(26)18-20/h4-7,18-19H,3,8-17H2,1-2H3/b7-5+. The summed E-state index contributed by atoms with van der Waals surface area (Å²) < 4.78 is 0. The SMILES string of the molecule is CC(C)N1CCN(CCCN2CCN(C(=O)/C=C/c3ccc(Cl)c(Cl)c3)CCC2=O)CC1. The molecule has 0 unspecified atom stereocenters. The van der Waals surface area contributed by atoms with E-state index in [1.807, 2.05) is 11.0 Å². The minimum Gasteiger partial charge on any atom is -0.341 e. The number of nitrogens with zero attached hydrogens (tertiary/aromatic N) is 4. The molecule has 6 nitrogen and oxygen atoms in total. The van der Waals surface area contributed by atoms with Crippen LogP contribution in [-0.2, 0) is 9.59 Å². The van der Waals surface area contributed by atoms with Crippen molar-refractivity contribution in [1.82, 2.24) is 19.6 Å². The lowest BCUT2D eigenvalue weighted by molar-refractivity contribution is -0.130. The Morgan fingerprint density at radius 1 is 1.00 bits per heavy atom. The predicted molar refractivity (Wildman–Crippen MR) is 131 cm³/mol. The van der Waals surface area contributed by atoms with Gasteiger partial charge in [-0.2, -0.15) is 0 Å². The Kier molecular flexibility index (Phi) is 9.41. The Bertz CT molecular complexity index is 822. The number of benzene rings is 1. The van der Waals surface area contributed by atoms with Gasteiger partial charge in [-0.25, -0.2) is 0 Å². The van der Waals surface area contributed by atoms with Gasteiger partial charge >= 0.3 is 0 Å². The van der Waals surface area contributed by atoms with Crippen LogP contribution in [0.4, 0.5) is 0 Å². The number of halogens is 2. The minimum atomic E-state index is -0.0891. The van der Waals surface area contributed by atoms with E-state index in [2.05, 4.69) is 23.6 Å². The molecule has 2 fully saturated rings. The van der Waals surface area contributed by atoms with E-state index >= 15 is 0 Å². The Labute approximate surface area is 201 Å². The smallest absolute Gasteiger partial charge is 0.246 e. The first-order valence-corrected chi connectivity index (χ1v) is 12.3. The second-order valence-electron chi connectivity index (χ2n) is 8.79. The van der Waals surface area contributed by atoms with E-state index in [9.17, 15) is 9.59 Å². The van der Waals surface area contributed by atoms with Crippen molar-refractivity contribution in [2.75, 3.05) is 58.9 Å². The third-order valence-electron chi connectivity index (χ3n) is 6.30. The maximum Gasteiger partial charge on any atom is 0.246 e. The van der Waals surface area contributed by atoms with Crippen LogP contribution >= 0.6 is 23.2 Å². The van der Waals surface area contributed by atoms with Gasteiger partial charge in [0.05, 0.1) is 10.0 Å². The van der Waals surface area contributed by atoms with Gasteiger partial charge in [0.25, 0.3) is 0 Å². The molecular formula is C24H34Cl2N4O2. The van der Waals surface area contributed by atoms with Crippen molar-refractivity contribution >= 4 is 41.1 Å². The predicted octanol–water partition coefficient (Wildman–Crippen LogP) is 3.48. The molecule has 1 aromatic rings. The second kappa shape index (κ2) is 12.0. The monoisotopic (exact) mass is 480 g/mol. The highest BCUT2D eigenvalue weighted by Gasteiger charge is 2.23. The normalized spacial score (nSPS) is 19.2. The van der Waals surface area contributed by atoms with Gasteiger partial charge in [0.1, 0.15) is 0 Å². The van der Waals surface area contributed by atoms with Crippen molar-refractivity contribution in [3.63, 3.8) is 0 Å². The average molecular weight is 481 g/mol. The van der Waals surface area contributed by atoms with Gasteiger partial charge in [0, 0.05) is 70.9 Å². The number of hydrogen-bond acceptors (Lipinski definition) is 4. The lowest BCUT2D eigenvalue weighted by Gasteiger charge is -2.37. The van der Waals surface area contributed by atoms with Crippen LogP contribution in [0.1, 0.15) is 32.3 Å². The Balaban J connectivity index is 1.42. The van der Waals surface area contributed by atoms with Gasteiger partial charge < -0.3 is 14.7 Å². The van der Waals surface area contributed by atoms with E-state index in [0.717, 1.165) is 51.3 Å². The molecule has 0 bridgehead atoms. The molecule has 0 aliphatic carbocycles. The largest absolute Gasteiger partial charge is 0.341 e. The lowest BCUT2D eigenvalue weighted by atomic mass is 10.2. The first kappa shape index (κ1) is 25.0. The summed E-state index contributed by atoms with van der Waals surface area (Å²) in [5, 5.41) is 0.943. The average Bonchev–Trinajstić information content (AvgIpc) is 2.96. The molecule has 2 saturated heterocycles. The van der Waals surface area contributed by atoms with Crippen LogP contribution in [0, 0.1) is 0 Å². The van der Waals surface area contributed by atoms with Crippen LogP contribution in [0.25, 0.3) is 6.08 Å². The number of carbonyl (C=O) groups is 2. The van der Waals surface area contributed by atoms with E-state index in [1.54, 1.807) is 23.1 Å². The highest BCUT2D eigenvalue weighted by Crippen LogP contribution is 2.23. The molecule has 8 heteroatoms. The fraction of sp³-hybridized carbons (Fsp3) is 0.583. The van der Waals surface area contributed by atoms with E-state index in [0.29, 0.717) is 42.1 Å². The topological polar surface area (TPSA) is 47.1 Å². The molecule has 32 heavy (non-hydrogen) atoms. The summed E-state index contributed by atoms with van der Waals surface area (Å²) in [4.78, 5) is 33.8. The number of rotatable bonds is 7. The van der Waals surface area contributed by atoms with Crippen LogP contribution in [0.3, 0.4) is 0 Å². The molecule has 2 heterocycles. The first-order valence-electron chi connectivity index (χ1n) is 11.5. The third kappa shape index (κ3) is 7.20. The van der Waals surface area contributed by atoms with Crippen LogP contribution in [0.2, 0.25) is 10.0 Å². The Morgan fingerprint density at radius 3 is 2.44 bits per heavy atom. The van der Waals surface area contributed by atoms with E-state index < -0.39 is 0 Å². The lowest BCUT2D eigenvalue weighted by Crippen LogP contribution is -2.49. The van der Waals surface area contributed by atoms with Gasteiger partial charge in [0.15, 0.2) is 0 Å². The first-order chi connectivity index (χ1) is 15.3. The molecule has 2 aliphatic heterocycles. The number of hydrogen-bond donors (Lipinski definition) is 0. The highest BCUT2D eigenvalue weighted by atomic mass is 35.5. The minimum absolute atomic E-state index is 0.0891. The molecule has 176 valence electrons. The molecule has 2 amide bonds. The van der Waals surface area contributed by atoms with Gasteiger partial charge in [-0.1, -0.05) is 29.3 Å². The summed E-state index contributed by atoms with van der Waals surface area (Å²) in [6.45, 7) is 12.3. The Hall–Kier alpha value is -1.60. The third-order valence-corrected chi connectivity index (χ3v) is 7.04. The zero-order valence-corrected chi connectivity index (χ0v) is 20.6. The van der Waals surface area contributed by atoms with E-state index in [4.69, 9.17) is 23.2 Å². The van der Waals surface area contributed by atoms with Crippen LogP contribution in [0.5, 0.6) is 0 Å². The number of piperazine rings is 1. The molecule has 0 spiro atoms. The Morgan fingerprint density at radius 2 is 1.75 bits per heavy atom. The van der Waals surface area contributed by atoms with Crippen LogP contribution in [-0.4, -0.2) is 96.4 Å². The second-order valence-corrected chi connectivity index (χ2v) is 9.60. The summed E-state index contributed by atoms with van der Waals surface area (Å²) in [5.74, 6) is 0.0483. The summed E-state index contributed by atoms with van der Waals surface area (Å²) in [6.07, 6.45) is 4.61. The van der Waals surface area contributed by atoms with Crippen molar-refractivity contribution in [2.45, 2.75) is 32.7 Å². The zero-order chi connectivity index (χ0) is 23.1.